The van der Waals surface area contributed by atoms with Crippen LogP contribution in [0.5, 0.6) is 0 Å². The predicted octanol–water partition coefficient (Wildman–Crippen LogP) is 2.91. The van der Waals surface area contributed by atoms with Gasteiger partial charge in [0, 0.05) is 12.3 Å². The van der Waals surface area contributed by atoms with E-state index in [0.29, 0.717) is 0 Å². The van der Waals surface area contributed by atoms with Gasteiger partial charge in [-0.25, -0.2) is 0 Å². The molecule has 70 valence electrons. The second-order valence-corrected chi connectivity index (χ2v) is 2.80. The summed E-state index contributed by atoms with van der Waals surface area (Å²) >= 11 is 0. The molecule has 0 fully saturated rings. The first-order chi connectivity index (χ1) is 6.43. The Kier molecular flexibility index (Phi) is 5.02. The van der Waals surface area contributed by atoms with E-state index in [1.54, 1.807) is 0 Å². The molecule has 1 aromatic rings. The minimum absolute atomic E-state index is 0.732. The molecule has 13 heavy (non-hydrogen) atoms. The largest absolute Gasteiger partial charge is 0.349 e. The second kappa shape index (κ2) is 6.49. The van der Waals surface area contributed by atoms with Gasteiger partial charge >= 0.3 is 0 Å². The van der Waals surface area contributed by atoms with Gasteiger partial charge in [-0.1, -0.05) is 31.5 Å². The van der Waals surface area contributed by atoms with Crippen LogP contribution in [0.25, 0.3) is 0 Å². The topological polar surface area (TPSA) is 21.3 Å². The Balaban J connectivity index is 2.07. The van der Waals surface area contributed by atoms with Gasteiger partial charge in [-0.2, -0.15) is 0 Å². The zero-order valence-electron chi connectivity index (χ0n) is 7.92. The second-order valence-electron chi connectivity index (χ2n) is 2.80. The number of unbranched alkanes of at least 4 members (excludes halogenated alkanes) is 1. The lowest BCUT2D eigenvalue weighted by atomic mass is 10.3. The average molecular weight is 177 g/mol. The molecule has 0 heterocycles. The van der Waals surface area contributed by atoms with Crippen LogP contribution >= 0.6 is 0 Å². The van der Waals surface area contributed by atoms with E-state index in [0.717, 1.165) is 25.1 Å². The Hall–Kier alpha value is -1.02. The van der Waals surface area contributed by atoms with Crippen molar-refractivity contribution in [1.82, 2.24) is 0 Å². The first kappa shape index (κ1) is 10.1. The normalized spacial score (nSPS) is 9.92. The van der Waals surface area contributed by atoms with Gasteiger partial charge in [0.05, 0.1) is 0 Å². The number of para-hydroxylation sites is 1. The van der Waals surface area contributed by atoms with Gasteiger partial charge in [-0.3, -0.25) is 0 Å². The smallest absolute Gasteiger partial charge is 0.246 e. The summed E-state index contributed by atoms with van der Waals surface area (Å²) < 4.78 is 5.12. The third kappa shape index (κ3) is 4.53. The van der Waals surface area contributed by atoms with Crippen LogP contribution in [0.4, 0.5) is 5.69 Å². The van der Waals surface area contributed by atoms with Crippen molar-refractivity contribution in [2.24, 2.45) is 0 Å². The molecule has 0 aliphatic carbocycles. The van der Waals surface area contributed by atoms with E-state index in [1.165, 1.54) is 0 Å². The first-order valence-corrected chi connectivity index (χ1v) is 4.61. The van der Waals surface area contributed by atoms with Crippen molar-refractivity contribution in [3.63, 3.8) is 0 Å². The summed E-state index contributed by atoms with van der Waals surface area (Å²) in [5.74, 6) is 0. The number of benzene rings is 1. The molecule has 1 N–H and O–H groups in total. The van der Waals surface area contributed by atoms with Crippen LogP contribution in [0.15, 0.2) is 30.3 Å². The highest BCUT2D eigenvalue weighted by atomic mass is 16.5. The van der Waals surface area contributed by atoms with Gasteiger partial charge < -0.3 is 10.1 Å². The van der Waals surface area contributed by atoms with Crippen LogP contribution in [0, 0.1) is 6.73 Å². The Labute approximate surface area is 79.9 Å². The van der Waals surface area contributed by atoms with Crippen LogP contribution in [0.3, 0.4) is 0 Å². The fourth-order valence-corrected chi connectivity index (χ4v) is 0.884. The summed E-state index contributed by atoms with van der Waals surface area (Å²) in [5, 5.41) is 2.93. The number of anilines is 1. The Morgan fingerprint density at radius 3 is 2.77 bits per heavy atom. The molecule has 2 heteroatoms. The molecule has 0 atom stereocenters. The van der Waals surface area contributed by atoms with E-state index in [9.17, 15) is 0 Å². The molecule has 1 aromatic carbocycles. The lowest BCUT2D eigenvalue weighted by Gasteiger charge is -2.03. The summed E-state index contributed by atoms with van der Waals surface area (Å²) in [6.07, 6.45) is 2.22. The van der Waals surface area contributed by atoms with Crippen molar-refractivity contribution in [3.05, 3.63) is 37.1 Å². The molecular formula is C11H15NO. The van der Waals surface area contributed by atoms with E-state index >= 15 is 0 Å². The van der Waals surface area contributed by atoms with Crippen molar-refractivity contribution < 1.29 is 4.74 Å². The Morgan fingerprint density at radius 1 is 1.31 bits per heavy atom. The summed E-state index contributed by atoms with van der Waals surface area (Å²) in [7, 11) is 0. The van der Waals surface area contributed by atoms with Crippen LogP contribution in [-0.2, 0) is 4.74 Å². The van der Waals surface area contributed by atoms with Crippen molar-refractivity contribution in [2.45, 2.75) is 19.8 Å². The van der Waals surface area contributed by atoms with Crippen molar-refractivity contribution in [1.29, 1.82) is 0 Å². The predicted molar refractivity (Wildman–Crippen MR) is 54.2 cm³/mol. The van der Waals surface area contributed by atoms with E-state index in [-0.39, 0.29) is 0 Å². The number of hydrogen-bond acceptors (Lipinski definition) is 2. The summed E-state index contributed by atoms with van der Waals surface area (Å²) in [5.41, 5.74) is 0.999. The SMILES string of the molecule is CCCCO[C]Nc1ccccc1. The van der Waals surface area contributed by atoms with Gasteiger partial charge in [0.15, 0.2) is 0 Å². The molecule has 2 nitrogen and oxygen atoms in total. The van der Waals surface area contributed by atoms with Crippen molar-refractivity contribution in [2.75, 3.05) is 11.9 Å². The minimum Gasteiger partial charge on any atom is -0.349 e. The monoisotopic (exact) mass is 177 g/mol. The molecule has 0 spiro atoms. The average Bonchev–Trinajstić information content (AvgIpc) is 2.19. The minimum atomic E-state index is 0.732. The van der Waals surface area contributed by atoms with Crippen LogP contribution in [0.2, 0.25) is 0 Å². The van der Waals surface area contributed by atoms with Gasteiger partial charge in [0.25, 0.3) is 0 Å². The molecule has 0 saturated carbocycles. The molecule has 0 amide bonds. The van der Waals surface area contributed by atoms with Gasteiger partial charge in [0.2, 0.25) is 6.73 Å². The molecule has 0 aliphatic heterocycles. The molecular weight excluding hydrogens is 162 g/mol. The number of rotatable bonds is 6. The maximum atomic E-state index is 5.12. The maximum absolute atomic E-state index is 5.12. The zero-order valence-corrected chi connectivity index (χ0v) is 7.92. The third-order valence-corrected chi connectivity index (χ3v) is 1.64. The fourth-order valence-electron chi connectivity index (χ4n) is 0.884. The highest BCUT2D eigenvalue weighted by Crippen LogP contribution is 2.05. The van der Waals surface area contributed by atoms with Crippen molar-refractivity contribution >= 4 is 5.69 Å². The third-order valence-electron chi connectivity index (χ3n) is 1.64. The molecule has 0 saturated heterocycles. The quantitative estimate of drug-likeness (QED) is 0.533. The standard InChI is InChI=1S/C11H15NO/c1-2-3-9-13-10-12-11-7-5-4-6-8-11/h4-8,12H,2-3,9H2,1H3. The van der Waals surface area contributed by atoms with Crippen LogP contribution in [0.1, 0.15) is 19.8 Å². The lowest BCUT2D eigenvalue weighted by molar-refractivity contribution is 0.203. The van der Waals surface area contributed by atoms with E-state index in [4.69, 9.17) is 4.74 Å². The Bertz CT molecular complexity index is 211. The number of hydrogen-bond donors (Lipinski definition) is 1. The highest BCUT2D eigenvalue weighted by Gasteiger charge is 1.90. The van der Waals surface area contributed by atoms with Crippen molar-refractivity contribution in [3.8, 4) is 0 Å². The Morgan fingerprint density at radius 2 is 2.08 bits per heavy atom. The molecule has 0 aromatic heterocycles. The summed E-state index contributed by atoms with van der Waals surface area (Å²) in [6, 6.07) is 9.85. The van der Waals surface area contributed by atoms with Gasteiger partial charge in [-0.05, 0) is 18.6 Å². The van der Waals surface area contributed by atoms with E-state index in [2.05, 4.69) is 19.0 Å². The summed E-state index contributed by atoms with van der Waals surface area (Å²) in [4.78, 5) is 0. The van der Waals surface area contributed by atoms with E-state index < -0.39 is 0 Å². The van der Waals surface area contributed by atoms with Gasteiger partial charge in [-0.15, -0.1) is 0 Å². The zero-order chi connectivity index (χ0) is 9.36. The molecule has 0 bridgehead atoms. The fraction of sp³-hybridized carbons (Fsp3) is 0.364. The molecule has 0 aliphatic rings. The van der Waals surface area contributed by atoms with Crippen LogP contribution in [-0.4, -0.2) is 6.61 Å². The van der Waals surface area contributed by atoms with Crippen LogP contribution < -0.4 is 5.32 Å². The maximum Gasteiger partial charge on any atom is 0.246 e. The molecule has 0 unspecified atom stereocenters. The van der Waals surface area contributed by atoms with E-state index in [1.807, 2.05) is 30.3 Å². The molecule has 1 rings (SSSR count). The highest BCUT2D eigenvalue weighted by molar-refractivity contribution is 5.43. The first-order valence-electron chi connectivity index (χ1n) is 4.61. The lowest BCUT2D eigenvalue weighted by Crippen LogP contribution is -2.00. The number of nitrogens with one attached hydrogen (secondary N) is 1. The summed E-state index contributed by atoms with van der Waals surface area (Å²) in [6.45, 7) is 5.55. The van der Waals surface area contributed by atoms with Gasteiger partial charge in [0.1, 0.15) is 0 Å². The molecule has 2 radical (unpaired) electrons. The number of ether oxygens (including phenoxy) is 1.